The Morgan fingerprint density at radius 1 is 1.42 bits per heavy atom. The summed E-state index contributed by atoms with van der Waals surface area (Å²) in [7, 11) is 2.26. The van der Waals surface area contributed by atoms with Crippen LogP contribution in [0.15, 0.2) is 12.5 Å². The highest BCUT2D eigenvalue weighted by atomic mass is 15.2. The number of nitrogens with zero attached hydrogens (tertiary/aromatic N) is 3. The van der Waals surface area contributed by atoms with Crippen molar-refractivity contribution in [2.75, 3.05) is 13.6 Å². The SMILES string of the molecule is CC(Cn1cncc1C1CCCCN1)N(C)C1CC1. The molecule has 2 fully saturated rings. The summed E-state index contributed by atoms with van der Waals surface area (Å²) < 4.78 is 2.35. The zero-order chi connectivity index (χ0) is 13.2. The Balaban J connectivity index is 1.65. The van der Waals surface area contributed by atoms with Gasteiger partial charge in [0.25, 0.3) is 0 Å². The summed E-state index contributed by atoms with van der Waals surface area (Å²) in [6.07, 6.45) is 10.7. The van der Waals surface area contributed by atoms with Gasteiger partial charge in [-0.05, 0) is 46.2 Å². The maximum atomic E-state index is 4.37. The lowest BCUT2D eigenvalue weighted by atomic mass is 10.0. The molecule has 1 saturated carbocycles. The van der Waals surface area contributed by atoms with Crippen LogP contribution in [0.3, 0.4) is 0 Å². The van der Waals surface area contributed by atoms with Gasteiger partial charge in [-0.2, -0.15) is 0 Å². The van der Waals surface area contributed by atoms with Crippen molar-refractivity contribution in [1.29, 1.82) is 0 Å². The molecule has 1 aromatic rings. The molecule has 0 bridgehead atoms. The van der Waals surface area contributed by atoms with E-state index >= 15 is 0 Å². The Morgan fingerprint density at radius 3 is 2.95 bits per heavy atom. The first-order valence-electron chi connectivity index (χ1n) is 7.71. The molecule has 0 radical (unpaired) electrons. The molecule has 2 heterocycles. The van der Waals surface area contributed by atoms with E-state index in [2.05, 4.69) is 33.7 Å². The van der Waals surface area contributed by atoms with Gasteiger partial charge in [0.15, 0.2) is 0 Å². The van der Waals surface area contributed by atoms with Gasteiger partial charge < -0.3 is 9.88 Å². The predicted octanol–water partition coefficient (Wildman–Crippen LogP) is 2.18. The molecule has 1 N–H and O–H groups in total. The van der Waals surface area contributed by atoms with Gasteiger partial charge in [0, 0.05) is 30.9 Å². The average Bonchev–Trinajstić information content (AvgIpc) is 3.19. The van der Waals surface area contributed by atoms with Crippen LogP contribution in [0.25, 0.3) is 0 Å². The summed E-state index contributed by atoms with van der Waals surface area (Å²) in [5, 5.41) is 3.63. The first-order valence-corrected chi connectivity index (χ1v) is 7.71. The molecular formula is C15H26N4. The fraction of sp³-hybridized carbons (Fsp3) is 0.800. The Bertz CT molecular complexity index is 404. The lowest BCUT2D eigenvalue weighted by Crippen LogP contribution is -2.36. The highest BCUT2D eigenvalue weighted by Crippen LogP contribution is 2.28. The second kappa shape index (κ2) is 5.63. The van der Waals surface area contributed by atoms with E-state index in [1.807, 2.05) is 12.5 Å². The van der Waals surface area contributed by atoms with Gasteiger partial charge in [0.05, 0.1) is 12.0 Å². The largest absolute Gasteiger partial charge is 0.332 e. The molecule has 2 unspecified atom stereocenters. The number of piperidine rings is 1. The van der Waals surface area contributed by atoms with Crippen molar-refractivity contribution in [3.05, 3.63) is 18.2 Å². The zero-order valence-electron chi connectivity index (χ0n) is 12.2. The topological polar surface area (TPSA) is 33.1 Å². The van der Waals surface area contributed by atoms with Crippen molar-refractivity contribution < 1.29 is 0 Å². The summed E-state index contributed by atoms with van der Waals surface area (Å²) in [4.78, 5) is 6.90. The molecule has 1 saturated heterocycles. The number of hydrogen-bond acceptors (Lipinski definition) is 3. The number of imidazole rings is 1. The number of hydrogen-bond donors (Lipinski definition) is 1. The van der Waals surface area contributed by atoms with Gasteiger partial charge >= 0.3 is 0 Å². The van der Waals surface area contributed by atoms with Crippen LogP contribution in [0.1, 0.15) is 50.8 Å². The van der Waals surface area contributed by atoms with Crippen molar-refractivity contribution in [2.24, 2.45) is 0 Å². The van der Waals surface area contributed by atoms with Gasteiger partial charge in [-0.3, -0.25) is 4.90 Å². The summed E-state index contributed by atoms with van der Waals surface area (Å²) in [6.45, 7) is 4.53. The molecule has 1 aromatic heterocycles. The highest BCUT2D eigenvalue weighted by Gasteiger charge is 2.29. The van der Waals surface area contributed by atoms with Crippen LogP contribution < -0.4 is 5.32 Å². The zero-order valence-corrected chi connectivity index (χ0v) is 12.2. The molecule has 1 aliphatic carbocycles. The van der Waals surface area contributed by atoms with E-state index in [-0.39, 0.29) is 0 Å². The molecule has 3 rings (SSSR count). The summed E-state index contributed by atoms with van der Waals surface area (Å²) in [6, 6.07) is 1.92. The normalized spacial score (nSPS) is 25.7. The maximum absolute atomic E-state index is 4.37. The molecule has 0 amide bonds. The predicted molar refractivity (Wildman–Crippen MR) is 77.1 cm³/mol. The average molecular weight is 262 g/mol. The number of likely N-dealkylation sites (N-methyl/N-ethyl adjacent to an activating group) is 1. The second-order valence-electron chi connectivity index (χ2n) is 6.22. The van der Waals surface area contributed by atoms with Crippen molar-refractivity contribution in [3.63, 3.8) is 0 Å². The van der Waals surface area contributed by atoms with E-state index in [0.29, 0.717) is 12.1 Å². The first-order chi connectivity index (χ1) is 9.25. The first kappa shape index (κ1) is 13.1. The van der Waals surface area contributed by atoms with Gasteiger partial charge in [0.1, 0.15) is 0 Å². The van der Waals surface area contributed by atoms with E-state index in [1.165, 1.54) is 37.8 Å². The monoisotopic (exact) mass is 262 g/mol. The van der Waals surface area contributed by atoms with Gasteiger partial charge in [0.2, 0.25) is 0 Å². The smallest absolute Gasteiger partial charge is 0.0949 e. The molecule has 19 heavy (non-hydrogen) atoms. The van der Waals surface area contributed by atoms with Gasteiger partial charge in [-0.25, -0.2) is 4.98 Å². The molecule has 4 nitrogen and oxygen atoms in total. The molecule has 0 spiro atoms. The Labute approximate surface area is 116 Å². The van der Waals surface area contributed by atoms with Crippen LogP contribution in [0.4, 0.5) is 0 Å². The summed E-state index contributed by atoms with van der Waals surface area (Å²) in [5.74, 6) is 0. The van der Waals surface area contributed by atoms with E-state index in [0.717, 1.165) is 19.1 Å². The quantitative estimate of drug-likeness (QED) is 0.883. The minimum atomic E-state index is 0.509. The van der Waals surface area contributed by atoms with Crippen molar-refractivity contribution in [3.8, 4) is 0 Å². The molecule has 2 aliphatic rings. The highest BCUT2D eigenvalue weighted by molar-refractivity contribution is 5.07. The van der Waals surface area contributed by atoms with Crippen molar-refractivity contribution >= 4 is 0 Å². The van der Waals surface area contributed by atoms with E-state index in [1.54, 1.807) is 0 Å². The van der Waals surface area contributed by atoms with Crippen LogP contribution in [-0.4, -0.2) is 40.1 Å². The van der Waals surface area contributed by atoms with Gasteiger partial charge in [-0.15, -0.1) is 0 Å². The maximum Gasteiger partial charge on any atom is 0.0949 e. The summed E-state index contributed by atoms with van der Waals surface area (Å²) in [5.41, 5.74) is 1.37. The van der Waals surface area contributed by atoms with Crippen molar-refractivity contribution in [2.45, 2.75) is 63.7 Å². The summed E-state index contributed by atoms with van der Waals surface area (Å²) >= 11 is 0. The lowest BCUT2D eigenvalue weighted by molar-refractivity contribution is 0.222. The third kappa shape index (κ3) is 3.00. The van der Waals surface area contributed by atoms with Crippen LogP contribution in [0.5, 0.6) is 0 Å². The van der Waals surface area contributed by atoms with E-state index in [9.17, 15) is 0 Å². The number of aromatic nitrogens is 2. The number of nitrogens with one attached hydrogen (secondary N) is 1. The minimum absolute atomic E-state index is 0.509. The molecule has 1 aliphatic heterocycles. The Morgan fingerprint density at radius 2 is 2.26 bits per heavy atom. The number of rotatable bonds is 5. The van der Waals surface area contributed by atoms with E-state index in [4.69, 9.17) is 0 Å². The van der Waals surface area contributed by atoms with Crippen molar-refractivity contribution in [1.82, 2.24) is 19.8 Å². The molecule has 2 atom stereocenters. The van der Waals surface area contributed by atoms with Crippen LogP contribution >= 0.6 is 0 Å². The van der Waals surface area contributed by atoms with Gasteiger partial charge in [-0.1, -0.05) is 6.42 Å². The van der Waals surface area contributed by atoms with E-state index < -0.39 is 0 Å². The Hall–Kier alpha value is -0.870. The third-order valence-electron chi connectivity index (χ3n) is 4.69. The fourth-order valence-electron chi connectivity index (χ4n) is 3.13. The van der Waals surface area contributed by atoms with Crippen LogP contribution in [0, 0.1) is 0 Å². The standard InChI is InChI=1S/C15H26N4/c1-12(18(2)13-6-7-13)10-19-11-16-9-15(19)14-5-3-4-8-17-14/h9,11-14,17H,3-8,10H2,1-2H3. The molecular weight excluding hydrogens is 236 g/mol. The molecule has 0 aromatic carbocycles. The fourth-order valence-corrected chi connectivity index (χ4v) is 3.13. The second-order valence-corrected chi connectivity index (χ2v) is 6.22. The molecule has 4 heteroatoms. The van der Waals surface area contributed by atoms with Crippen LogP contribution in [-0.2, 0) is 6.54 Å². The van der Waals surface area contributed by atoms with Crippen LogP contribution in [0.2, 0.25) is 0 Å². The Kier molecular flexibility index (Phi) is 3.89. The minimum Gasteiger partial charge on any atom is -0.332 e. The molecule has 106 valence electrons. The lowest BCUT2D eigenvalue weighted by Gasteiger charge is -2.28. The third-order valence-corrected chi connectivity index (χ3v) is 4.69.